The van der Waals surface area contributed by atoms with E-state index in [1.165, 1.54) is 4.90 Å². The molecule has 0 fully saturated rings. The number of nitrogens with zero attached hydrogens (tertiary/aromatic N) is 1. The Kier molecular flexibility index (Phi) is 6.10. The van der Waals surface area contributed by atoms with Crippen LogP contribution in [0.25, 0.3) is 10.9 Å². The molecule has 6 heteroatoms. The second-order valence-corrected chi connectivity index (χ2v) is 8.47. The summed E-state index contributed by atoms with van der Waals surface area (Å²) in [6, 6.07) is 23.8. The third-order valence-electron chi connectivity index (χ3n) is 6.31. The van der Waals surface area contributed by atoms with E-state index in [2.05, 4.69) is 4.98 Å². The van der Waals surface area contributed by atoms with E-state index in [1.807, 2.05) is 73.8 Å². The molecule has 1 atom stereocenters. The number of aromatic nitrogens is 1. The van der Waals surface area contributed by atoms with E-state index in [4.69, 9.17) is 4.74 Å². The van der Waals surface area contributed by atoms with Crippen molar-refractivity contribution in [2.75, 3.05) is 11.5 Å². The van der Waals surface area contributed by atoms with E-state index >= 15 is 0 Å². The van der Waals surface area contributed by atoms with Gasteiger partial charge in [0.2, 0.25) is 0 Å². The molecule has 1 aliphatic rings. The van der Waals surface area contributed by atoms with Gasteiger partial charge in [0, 0.05) is 40.8 Å². The standard InChI is InChI=1S/C29H26N2O4/c1-2-35-21-12-8-11-20(17-21)31-27(23-18-30-24-14-7-6-13-22(23)24)26(28(33)29(31)34)25(32)16-15-19-9-4-3-5-10-19/h3-14,17-18,27,30,33H,2,15-16H2,1H3. The zero-order chi connectivity index (χ0) is 24.4. The maximum absolute atomic E-state index is 13.5. The summed E-state index contributed by atoms with van der Waals surface area (Å²) in [5.74, 6) is -0.741. The maximum Gasteiger partial charge on any atom is 0.294 e. The number of ether oxygens (including phenoxy) is 1. The fourth-order valence-corrected chi connectivity index (χ4v) is 4.70. The van der Waals surface area contributed by atoms with Crippen LogP contribution in [0.2, 0.25) is 0 Å². The molecule has 6 nitrogen and oxygen atoms in total. The number of aryl methyl sites for hydroxylation is 1. The van der Waals surface area contributed by atoms with Gasteiger partial charge in [-0.15, -0.1) is 0 Å². The minimum absolute atomic E-state index is 0.123. The number of Topliss-reactive ketones (excluding diaryl/α,β-unsaturated/α-hetero) is 1. The van der Waals surface area contributed by atoms with Crippen molar-refractivity contribution in [2.24, 2.45) is 0 Å². The Morgan fingerprint density at radius 3 is 2.60 bits per heavy atom. The van der Waals surface area contributed by atoms with Crippen LogP contribution in [-0.2, 0) is 16.0 Å². The normalized spacial score (nSPS) is 15.7. The first-order valence-electron chi connectivity index (χ1n) is 11.7. The van der Waals surface area contributed by atoms with Gasteiger partial charge in [-0.3, -0.25) is 14.5 Å². The molecule has 0 radical (unpaired) electrons. The lowest BCUT2D eigenvalue weighted by molar-refractivity contribution is -0.118. The van der Waals surface area contributed by atoms with Crippen LogP contribution < -0.4 is 9.64 Å². The molecular weight excluding hydrogens is 440 g/mol. The van der Waals surface area contributed by atoms with Crippen molar-refractivity contribution in [3.63, 3.8) is 0 Å². The average molecular weight is 467 g/mol. The average Bonchev–Trinajstić information content (AvgIpc) is 3.42. The van der Waals surface area contributed by atoms with Gasteiger partial charge in [-0.05, 0) is 37.1 Å². The van der Waals surface area contributed by atoms with E-state index in [1.54, 1.807) is 18.2 Å². The van der Waals surface area contributed by atoms with Gasteiger partial charge in [-0.1, -0.05) is 54.6 Å². The topological polar surface area (TPSA) is 82.6 Å². The number of nitrogens with one attached hydrogen (secondary N) is 1. The summed E-state index contributed by atoms with van der Waals surface area (Å²) >= 11 is 0. The number of ketones is 1. The fourth-order valence-electron chi connectivity index (χ4n) is 4.70. The summed E-state index contributed by atoms with van der Waals surface area (Å²) in [4.78, 5) is 31.7. The van der Waals surface area contributed by atoms with Crippen LogP contribution in [0, 0.1) is 0 Å². The molecule has 0 saturated carbocycles. The summed E-state index contributed by atoms with van der Waals surface area (Å²) in [5, 5.41) is 11.9. The molecule has 1 unspecified atom stereocenters. The van der Waals surface area contributed by atoms with E-state index in [0.717, 1.165) is 22.0 Å². The number of anilines is 1. The van der Waals surface area contributed by atoms with Gasteiger partial charge in [0.05, 0.1) is 18.2 Å². The van der Waals surface area contributed by atoms with Gasteiger partial charge < -0.3 is 14.8 Å². The lowest BCUT2D eigenvalue weighted by Crippen LogP contribution is -2.31. The third kappa shape index (κ3) is 4.19. The van der Waals surface area contributed by atoms with Gasteiger partial charge in [0.1, 0.15) is 5.75 Å². The number of aliphatic hydroxyl groups is 1. The fraction of sp³-hybridized carbons (Fsp3) is 0.172. The van der Waals surface area contributed by atoms with Crippen molar-refractivity contribution in [1.82, 2.24) is 4.98 Å². The van der Waals surface area contributed by atoms with Gasteiger partial charge in [0.15, 0.2) is 11.5 Å². The number of rotatable bonds is 8. The molecule has 1 aromatic heterocycles. The molecule has 3 aromatic carbocycles. The highest BCUT2D eigenvalue weighted by atomic mass is 16.5. The molecule has 2 heterocycles. The van der Waals surface area contributed by atoms with Crippen LogP contribution >= 0.6 is 0 Å². The van der Waals surface area contributed by atoms with Crippen molar-refractivity contribution in [1.29, 1.82) is 0 Å². The monoisotopic (exact) mass is 466 g/mol. The number of para-hydroxylation sites is 1. The first-order valence-corrected chi connectivity index (χ1v) is 11.7. The second-order valence-electron chi connectivity index (χ2n) is 8.47. The Morgan fingerprint density at radius 1 is 1.03 bits per heavy atom. The maximum atomic E-state index is 13.5. The highest BCUT2D eigenvalue weighted by Crippen LogP contribution is 2.44. The molecule has 0 spiro atoms. The van der Waals surface area contributed by atoms with Crippen LogP contribution in [0.1, 0.15) is 30.5 Å². The van der Waals surface area contributed by atoms with Crippen molar-refractivity contribution >= 4 is 28.3 Å². The number of H-pyrrole nitrogens is 1. The number of fused-ring (bicyclic) bond motifs is 1. The van der Waals surface area contributed by atoms with Crippen LogP contribution in [0.5, 0.6) is 5.75 Å². The van der Waals surface area contributed by atoms with Crippen molar-refractivity contribution in [3.8, 4) is 5.75 Å². The van der Waals surface area contributed by atoms with Crippen LogP contribution in [-0.4, -0.2) is 28.4 Å². The number of amides is 1. The van der Waals surface area contributed by atoms with E-state index < -0.39 is 17.7 Å². The predicted octanol–water partition coefficient (Wildman–Crippen LogP) is 5.67. The number of carbonyl (C=O) groups is 2. The molecule has 1 aliphatic heterocycles. The quantitative estimate of drug-likeness (QED) is 0.351. The molecular formula is C29H26N2O4. The van der Waals surface area contributed by atoms with E-state index in [-0.39, 0.29) is 17.8 Å². The Labute approximate surface area is 203 Å². The number of aromatic amines is 1. The van der Waals surface area contributed by atoms with Gasteiger partial charge in [-0.2, -0.15) is 0 Å². The number of hydrogen-bond acceptors (Lipinski definition) is 4. The minimum atomic E-state index is -0.765. The second kappa shape index (κ2) is 9.50. The lowest BCUT2D eigenvalue weighted by Gasteiger charge is -2.27. The predicted molar refractivity (Wildman–Crippen MR) is 136 cm³/mol. The molecule has 0 saturated heterocycles. The third-order valence-corrected chi connectivity index (χ3v) is 6.31. The molecule has 2 N–H and O–H groups in total. The number of benzene rings is 3. The first-order chi connectivity index (χ1) is 17.1. The lowest BCUT2D eigenvalue weighted by atomic mass is 9.92. The zero-order valence-electron chi connectivity index (χ0n) is 19.4. The van der Waals surface area contributed by atoms with Crippen molar-refractivity contribution < 1.29 is 19.4 Å². The molecule has 35 heavy (non-hydrogen) atoms. The summed E-state index contributed by atoms with van der Waals surface area (Å²) in [7, 11) is 0. The molecule has 0 bridgehead atoms. The summed E-state index contributed by atoms with van der Waals surface area (Å²) < 4.78 is 5.64. The number of aliphatic hydroxyl groups excluding tert-OH is 1. The SMILES string of the molecule is CCOc1cccc(N2C(=O)C(O)=C(C(=O)CCc3ccccc3)C2c2c[nH]c3ccccc23)c1. The van der Waals surface area contributed by atoms with Crippen LogP contribution in [0.4, 0.5) is 5.69 Å². The number of hydrogen-bond donors (Lipinski definition) is 2. The van der Waals surface area contributed by atoms with Crippen LogP contribution in [0.15, 0.2) is 96.4 Å². The van der Waals surface area contributed by atoms with Crippen molar-refractivity contribution in [2.45, 2.75) is 25.8 Å². The summed E-state index contributed by atoms with van der Waals surface area (Å²) in [6.07, 6.45) is 2.51. The molecule has 176 valence electrons. The summed E-state index contributed by atoms with van der Waals surface area (Å²) in [5.41, 5.74) is 3.34. The minimum Gasteiger partial charge on any atom is -0.503 e. The first kappa shape index (κ1) is 22.5. The van der Waals surface area contributed by atoms with Gasteiger partial charge in [0.25, 0.3) is 5.91 Å². The van der Waals surface area contributed by atoms with Gasteiger partial charge >= 0.3 is 0 Å². The molecule has 4 aromatic rings. The molecule has 0 aliphatic carbocycles. The largest absolute Gasteiger partial charge is 0.503 e. The Hall–Kier alpha value is -4.32. The Balaban J connectivity index is 1.58. The highest BCUT2D eigenvalue weighted by Gasteiger charge is 2.45. The Bertz CT molecular complexity index is 1420. The summed E-state index contributed by atoms with van der Waals surface area (Å²) in [6.45, 7) is 2.37. The molecule has 5 rings (SSSR count). The van der Waals surface area contributed by atoms with Crippen LogP contribution in [0.3, 0.4) is 0 Å². The highest BCUT2D eigenvalue weighted by molar-refractivity contribution is 6.17. The zero-order valence-corrected chi connectivity index (χ0v) is 19.4. The van der Waals surface area contributed by atoms with Gasteiger partial charge in [-0.25, -0.2) is 0 Å². The Morgan fingerprint density at radius 2 is 1.80 bits per heavy atom. The van der Waals surface area contributed by atoms with Crippen molar-refractivity contribution in [3.05, 3.63) is 108 Å². The smallest absolute Gasteiger partial charge is 0.294 e. The number of carbonyl (C=O) groups excluding carboxylic acids is 2. The van der Waals surface area contributed by atoms with E-state index in [9.17, 15) is 14.7 Å². The molecule has 1 amide bonds. The van der Waals surface area contributed by atoms with E-state index in [0.29, 0.717) is 24.5 Å².